The molecule has 0 spiro atoms. The summed E-state index contributed by atoms with van der Waals surface area (Å²) in [7, 11) is -1.82. The van der Waals surface area contributed by atoms with Crippen LogP contribution in [0.1, 0.15) is 20.3 Å². The normalized spacial score (nSPS) is 11.6. The molecule has 0 amide bonds. The van der Waals surface area contributed by atoms with Gasteiger partial charge in [0.05, 0.1) is 0 Å². The van der Waals surface area contributed by atoms with Gasteiger partial charge in [-0.25, -0.2) is 0 Å². The van der Waals surface area contributed by atoms with E-state index in [1.165, 1.54) is 0 Å². The Kier molecular flexibility index (Phi) is 5.10. The molecule has 0 aromatic carbocycles. The average molecular weight is 224 g/mol. The molecule has 5 N–H and O–H groups in total. The van der Waals surface area contributed by atoms with Crippen molar-refractivity contribution in [2.75, 3.05) is 7.05 Å². The van der Waals surface area contributed by atoms with Gasteiger partial charge in [-0.2, -0.15) is 0 Å². The molecule has 0 aromatic rings. The van der Waals surface area contributed by atoms with Gasteiger partial charge in [-0.1, -0.05) is 26.1 Å². The zero-order valence-corrected chi connectivity index (χ0v) is 9.82. The predicted octanol–water partition coefficient (Wildman–Crippen LogP) is 0.458. The van der Waals surface area contributed by atoms with Crippen LogP contribution in [0.25, 0.3) is 0 Å². The topological polar surface area (TPSA) is 78.5 Å². The van der Waals surface area contributed by atoms with Crippen LogP contribution in [0, 0.1) is 5.92 Å². The molecule has 0 heterocycles. The summed E-state index contributed by atoms with van der Waals surface area (Å²) in [4.78, 5) is 19.2. The van der Waals surface area contributed by atoms with Gasteiger partial charge in [-0.3, -0.25) is 0 Å². The molecule has 78 valence electrons. The number of hydrogen-bond donors (Lipinski definition) is 4. The summed E-state index contributed by atoms with van der Waals surface area (Å²) in [6, 6.07) is 0. The van der Waals surface area contributed by atoms with E-state index >= 15 is 0 Å². The number of nitrogens with two attached hydrogens (primary N) is 1. The van der Waals surface area contributed by atoms with Crippen LogP contribution < -0.4 is 11.1 Å². The molecule has 0 aliphatic carbocycles. The molecule has 0 aromatic heterocycles. The maximum absolute atomic E-state index is 9.60. The van der Waals surface area contributed by atoms with Crippen LogP contribution in [0.4, 0.5) is 0 Å². The minimum atomic E-state index is -3.36. The molecular weight excluding hydrogens is 207 g/mol. The van der Waals surface area contributed by atoms with Crippen molar-refractivity contribution < 1.29 is 9.79 Å². The van der Waals surface area contributed by atoms with E-state index < -0.39 is 7.34 Å². The van der Waals surface area contributed by atoms with E-state index in [9.17, 15) is 9.79 Å². The predicted molar refractivity (Wildman–Crippen MR) is 61.7 cm³/mol. The van der Waals surface area contributed by atoms with Gasteiger partial charge in [0.1, 0.15) is 0 Å². The van der Waals surface area contributed by atoms with E-state index in [1.807, 2.05) is 13.8 Å². The lowest BCUT2D eigenvalue weighted by atomic mass is 10.1. The van der Waals surface area contributed by atoms with Crippen molar-refractivity contribution in [1.29, 1.82) is 0 Å². The Morgan fingerprint density at radius 3 is 2.31 bits per heavy atom. The second kappa shape index (κ2) is 5.08. The third kappa shape index (κ3) is 3.75. The first kappa shape index (κ1) is 13.1. The van der Waals surface area contributed by atoms with Gasteiger partial charge < -0.3 is 20.8 Å². The van der Waals surface area contributed by atoms with E-state index in [-0.39, 0.29) is 10.1 Å². The Bertz CT molecular complexity index is 247. The molecule has 0 bridgehead atoms. The van der Waals surface area contributed by atoms with Crippen LogP contribution >= 0.6 is 19.6 Å². The molecule has 0 saturated heterocycles. The average Bonchev–Trinajstić information content (AvgIpc) is 2.01. The Labute approximate surface area is 84.3 Å². The van der Waals surface area contributed by atoms with E-state index in [0.717, 1.165) is 0 Å². The molecule has 13 heavy (non-hydrogen) atoms. The van der Waals surface area contributed by atoms with Gasteiger partial charge in [-0.05, 0) is 12.3 Å². The second-order valence-corrected chi connectivity index (χ2v) is 6.18. The smallest absolute Gasteiger partial charge is 0.189 e. The van der Waals surface area contributed by atoms with Gasteiger partial charge in [0.15, 0.2) is 12.1 Å². The highest BCUT2D eigenvalue weighted by molar-refractivity contribution is 8.01. The van der Waals surface area contributed by atoms with E-state index in [0.29, 0.717) is 12.3 Å². The van der Waals surface area contributed by atoms with Crippen molar-refractivity contribution in [3.8, 4) is 0 Å². The first-order valence-corrected chi connectivity index (χ1v) is 6.11. The van der Waals surface area contributed by atoms with Crippen LogP contribution in [0.2, 0.25) is 0 Å². The lowest BCUT2D eigenvalue weighted by Gasteiger charge is -2.18. The Morgan fingerprint density at radius 2 is 2.00 bits per heavy atom. The van der Waals surface area contributed by atoms with E-state index in [1.54, 1.807) is 7.05 Å². The summed E-state index contributed by atoms with van der Waals surface area (Å²) >= 11 is 4.76. The van der Waals surface area contributed by atoms with Gasteiger partial charge in [0.25, 0.3) is 0 Å². The van der Waals surface area contributed by atoms with Gasteiger partial charge in [-0.15, -0.1) is 0 Å². The molecular formula is C7H17N2O2PS. The zero-order chi connectivity index (χ0) is 10.6. The van der Waals surface area contributed by atoms with Gasteiger partial charge in [0.2, 0.25) is 0 Å². The van der Waals surface area contributed by atoms with Crippen LogP contribution in [0.15, 0.2) is 0 Å². The molecule has 4 nitrogen and oxygen atoms in total. The van der Waals surface area contributed by atoms with Gasteiger partial charge in [0, 0.05) is 12.5 Å². The maximum atomic E-state index is 9.60. The fourth-order valence-electron chi connectivity index (χ4n) is 0.832. The molecule has 0 aliphatic rings. The molecule has 0 aliphatic heterocycles. The lowest BCUT2D eigenvalue weighted by molar-refractivity contribution is 0.491. The second-order valence-electron chi connectivity index (χ2n) is 3.25. The Morgan fingerprint density at radius 1 is 1.54 bits per heavy atom. The fraction of sp³-hybridized carbons (Fsp3) is 0.714. The molecule has 0 unspecified atom stereocenters. The molecule has 0 rings (SSSR count). The largest absolute Gasteiger partial charge is 0.375 e. The molecule has 0 saturated carbocycles. The molecule has 0 radical (unpaired) electrons. The van der Waals surface area contributed by atoms with Crippen molar-refractivity contribution in [1.82, 2.24) is 5.32 Å². The quantitative estimate of drug-likeness (QED) is 0.414. The Balaban J connectivity index is 4.83. The first-order chi connectivity index (χ1) is 5.82. The highest BCUT2D eigenvalue weighted by Gasteiger charge is 2.20. The van der Waals surface area contributed by atoms with Crippen molar-refractivity contribution in [3.63, 3.8) is 0 Å². The summed E-state index contributed by atoms with van der Waals surface area (Å²) in [6.07, 6.45) is 0.475. The third-order valence-electron chi connectivity index (χ3n) is 1.51. The lowest BCUT2D eigenvalue weighted by Crippen LogP contribution is -2.25. The minimum absolute atomic E-state index is 0.0330. The maximum Gasteiger partial charge on any atom is 0.189 e. The van der Waals surface area contributed by atoms with Crippen molar-refractivity contribution in [2.45, 2.75) is 20.3 Å². The SMILES string of the molecule is CNC(=S)P(O)(O)=C(N)CC(C)C. The van der Waals surface area contributed by atoms with Gasteiger partial charge >= 0.3 is 0 Å². The molecule has 0 fully saturated rings. The molecule has 0 atom stereocenters. The highest BCUT2D eigenvalue weighted by atomic mass is 32.1. The third-order valence-corrected chi connectivity index (χ3v) is 4.26. The van der Waals surface area contributed by atoms with Crippen LogP contribution in [0.5, 0.6) is 0 Å². The minimum Gasteiger partial charge on any atom is -0.375 e. The monoisotopic (exact) mass is 224 g/mol. The van der Waals surface area contributed by atoms with Crippen LogP contribution in [0.3, 0.4) is 0 Å². The van der Waals surface area contributed by atoms with Crippen molar-refractivity contribution in [3.05, 3.63) is 0 Å². The summed E-state index contributed by atoms with van der Waals surface area (Å²) < 4.78 is 0.0330. The summed E-state index contributed by atoms with van der Waals surface area (Å²) in [5.74, 6) is 0.290. The standard InChI is InChI=1S/C7H17N2O2PS/c1-5(2)4-6(8)12(10,11)7(13)9-3/h5,10-11H,4,8H2,1-3H3,(H,9,13). The number of rotatable bonds is 3. The van der Waals surface area contributed by atoms with Crippen molar-refractivity contribution >= 4 is 29.7 Å². The highest BCUT2D eigenvalue weighted by Crippen LogP contribution is 2.40. The van der Waals surface area contributed by atoms with Crippen LogP contribution in [-0.4, -0.2) is 27.0 Å². The molecule has 6 heteroatoms. The summed E-state index contributed by atoms with van der Waals surface area (Å²) in [5, 5.41) is 2.54. The summed E-state index contributed by atoms with van der Waals surface area (Å²) in [6.45, 7) is 3.91. The fourth-order valence-corrected chi connectivity index (χ4v) is 2.38. The van der Waals surface area contributed by atoms with Crippen LogP contribution in [-0.2, 0) is 0 Å². The van der Waals surface area contributed by atoms with E-state index in [2.05, 4.69) is 5.32 Å². The van der Waals surface area contributed by atoms with E-state index in [4.69, 9.17) is 18.0 Å². The van der Waals surface area contributed by atoms with Crippen molar-refractivity contribution in [2.24, 2.45) is 11.7 Å². The number of nitrogens with one attached hydrogen (secondary N) is 1. The zero-order valence-electron chi connectivity index (χ0n) is 8.11. The summed E-state index contributed by atoms with van der Waals surface area (Å²) in [5.41, 5.74) is 5.75. The number of hydrogen-bond acceptors (Lipinski definition) is 3. The Hall–Kier alpha value is 0.0700. The first-order valence-electron chi connectivity index (χ1n) is 4.01. The number of thiocarbonyl (C=S) groups is 1.